The number of rotatable bonds is 6. The van der Waals surface area contributed by atoms with Gasteiger partial charge >= 0.3 is 5.97 Å². The molecule has 2 atom stereocenters. The monoisotopic (exact) mass is 322 g/mol. The topological polar surface area (TPSA) is 35.5 Å². The Hall–Kier alpha value is -2.39. The van der Waals surface area contributed by atoms with Crippen LogP contribution in [-0.4, -0.2) is 24.8 Å². The maximum atomic E-state index is 12.3. The van der Waals surface area contributed by atoms with E-state index in [2.05, 4.69) is 0 Å². The Labute approximate surface area is 142 Å². The van der Waals surface area contributed by atoms with Crippen LogP contribution in [-0.2, 0) is 9.47 Å². The maximum Gasteiger partial charge on any atom is 0.338 e. The van der Waals surface area contributed by atoms with E-state index in [4.69, 9.17) is 9.47 Å². The molecular formula is C21H22O3. The van der Waals surface area contributed by atoms with Gasteiger partial charge in [0, 0.05) is 13.0 Å². The molecule has 1 heterocycles. The first-order valence-corrected chi connectivity index (χ1v) is 8.42. The Morgan fingerprint density at radius 3 is 2.50 bits per heavy atom. The second-order valence-corrected chi connectivity index (χ2v) is 5.95. The molecule has 0 aromatic heterocycles. The van der Waals surface area contributed by atoms with Crippen LogP contribution in [0.2, 0.25) is 0 Å². The van der Waals surface area contributed by atoms with Crippen LogP contribution in [0.3, 0.4) is 0 Å². The average molecular weight is 322 g/mol. The van der Waals surface area contributed by atoms with Gasteiger partial charge in [0.1, 0.15) is 6.10 Å². The van der Waals surface area contributed by atoms with E-state index in [0.717, 1.165) is 25.0 Å². The molecule has 0 spiro atoms. The fourth-order valence-corrected chi connectivity index (χ4v) is 2.82. The van der Waals surface area contributed by atoms with Gasteiger partial charge in [-0.2, -0.15) is 0 Å². The molecule has 1 aliphatic rings. The summed E-state index contributed by atoms with van der Waals surface area (Å²) in [5, 5.41) is 0. The Morgan fingerprint density at radius 2 is 1.83 bits per heavy atom. The van der Waals surface area contributed by atoms with Crippen molar-refractivity contribution in [2.24, 2.45) is 0 Å². The lowest BCUT2D eigenvalue weighted by molar-refractivity contribution is 0.0221. The van der Waals surface area contributed by atoms with Crippen molar-refractivity contribution in [3.05, 3.63) is 77.9 Å². The summed E-state index contributed by atoms with van der Waals surface area (Å²) in [5.41, 5.74) is 1.66. The van der Waals surface area contributed by atoms with Gasteiger partial charge in [0.15, 0.2) is 0 Å². The van der Waals surface area contributed by atoms with E-state index in [1.807, 2.05) is 60.7 Å². The first kappa shape index (κ1) is 16.5. The zero-order valence-electron chi connectivity index (χ0n) is 13.6. The van der Waals surface area contributed by atoms with Crippen LogP contribution < -0.4 is 0 Å². The molecule has 0 aliphatic carbocycles. The van der Waals surface area contributed by atoms with Crippen molar-refractivity contribution in [2.45, 2.75) is 31.5 Å². The van der Waals surface area contributed by atoms with E-state index < -0.39 is 0 Å². The van der Waals surface area contributed by atoms with Gasteiger partial charge in [0.25, 0.3) is 0 Å². The summed E-state index contributed by atoms with van der Waals surface area (Å²) in [7, 11) is 0. The van der Waals surface area contributed by atoms with Gasteiger partial charge in [-0.3, -0.25) is 0 Å². The van der Waals surface area contributed by atoms with Crippen molar-refractivity contribution in [3.63, 3.8) is 0 Å². The van der Waals surface area contributed by atoms with Crippen LogP contribution in [0.15, 0.2) is 66.7 Å². The molecule has 24 heavy (non-hydrogen) atoms. The quantitative estimate of drug-likeness (QED) is 0.735. The van der Waals surface area contributed by atoms with Crippen LogP contribution in [0.4, 0.5) is 0 Å². The molecule has 0 radical (unpaired) electrons. The number of hydrogen-bond donors (Lipinski definition) is 0. The van der Waals surface area contributed by atoms with Crippen LogP contribution in [0.25, 0.3) is 6.08 Å². The molecule has 3 heteroatoms. The molecular weight excluding hydrogens is 300 g/mol. The lowest BCUT2D eigenvalue weighted by atomic mass is 10.1. The Bertz CT molecular complexity index is 658. The molecule has 3 rings (SSSR count). The van der Waals surface area contributed by atoms with Crippen molar-refractivity contribution in [3.8, 4) is 0 Å². The van der Waals surface area contributed by atoms with Gasteiger partial charge in [-0.25, -0.2) is 4.79 Å². The highest BCUT2D eigenvalue weighted by Crippen LogP contribution is 2.20. The van der Waals surface area contributed by atoms with Crippen molar-refractivity contribution >= 4 is 12.0 Å². The Kier molecular flexibility index (Phi) is 5.80. The van der Waals surface area contributed by atoms with Gasteiger partial charge in [0.05, 0.1) is 11.7 Å². The molecule has 1 saturated heterocycles. The molecule has 1 aliphatic heterocycles. The van der Waals surface area contributed by atoms with E-state index in [9.17, 15) is 4.79 Å². The van der Waals surface area contributed by atoms with Crippen LogP contribution in [0.5, 0.6) is 0 Å². The molecule has 3 nitrogen and oxygen atoms in total. The molecule has 0 N–H and O–H groups in total. The zero-order chi connectivity index (χ0) is 16.6. The van der Waals surface area contributed by atoms with Gasteiger partial charge < -0.3 is 9.47 Å². The van der Waals surface area contributed by atoms with Crippen LogP contribution in [0, 0.1) is 0 Å². The van der Waals surface area contributed by atoms with Crippen molar-refractivity contribution < 1.29 is 14.3 Å². The summed E-state index contributed by atoms with van der Waals surface area (Å²) in [6, 6.07) is 19.1. The fourth-order valence-electron chi connectivity index (χ4n) is 2.82. The predicted molar refractivity (Wildman–Crippen MR) is 94.7 cm³/mol. The third kappa shape index (κ3) is 4.80. The lowest BCUT2D eigenvalue weighted by Crippen LogP contribution is -2.22. The molecule has 2 aromatic carbocycles. The smallest absolute Gasteiger partial charge is 0.338 e. The van der Waals surface area contributed by atoms with Crippen molar-refractivity contribution in [2.75, 3.05) is 6.61 Å². The average Bonchev–Trinajstić information content (AvgIpc) is 3.14. The highest BCUT2D eigenvalue weighted by atomic mass is 16.5. The van der Waals surface area contributed by atoms with Gasteiger partial charge in [-0.1, -0.05) is 54.6 Å². The minimum Gasteiger partial charge on any atom is -0.454 e. The summed E-state index contributed by atoms with van der Waals surface area (Å²) < 4.78 is 11.4. The largest absolute Gasteiger partial charge is 0.454 e. The number of hydrogen-bond acceptors (Lipinski definition) is 3. The number of benzene rings is 2. The Morgan fingerprint density at radius 1 is 1.12 bits per heavy atom. The second-order valence-electron chi connectivity index (χ2n) is 5.95. The van der Waals surface area contributed by atoms with Crippen molar-refractivity contribution in [1.29, 1.82) is 0 Å². The van der Waals surface area contributed by atoms with Crippen molar-refractivity contribution in [1.82, 2.24) is 0 Å². The summed E-state index contributed by atoms with van der Waals surface area (Å²) in [5.74, 6) is -0.295. The lowest BCUT2D eigenvalue weighted by Gasteiger charge is -2.18. The molecule has 1 unspecified atom stereocenters. The number of carbonyl (C=O) groups is 1. The fraction of sp³-hybridized carbons (Fsp3) is 0.286. The van der Waals surface area contributed by atoms with Gasteiger partial charge in [-0.05, 0) is 36.6 Å². The van der Waals surface area contributed by atoms with E-state index in [0.29, 0.717) is 12.0 Å². The van der Waals surface area contributed by atoms with E-state index >= 15 is 0 Å². The normalized spacial score (nSPS) is 18.6. The van der Waals surface area contributed by atoms with Gasteiger partial charge in [-0.15, -0.1) is 0 Å². The Balaban J connectivity index is 1.69. The molecule has 0 saturated carbocycles. The van der Waals surface area contributed by atoms with Gasteiger partial charge in [0.2, 0.25) is 0 Å². The predicted octanol–water partition coefficient (Wildman–Crippen LogP) is 4.49. The van der Waals surface area contributed by atoms with E-state index in [1.165, 1.54) is 0 Å². The standard InChI is InChI=1S/C21H22O3/c22-21(18-10-5-2-6-11-18)24-20(16-19-12-7-15-23-19)14-13-17-8-3-1-4-9-17/h1-6,8-11,13-14,19-20H,7,12,15-16H2/b14-13+/t19?,20-/m0/s1. The zero-order valence-corrected chi connectivity index (χ0v) is 13.6. The third-order valence-corrected chi connectivity index (χ3v) is 4.09. The summed E-state index contributed by atoms with van der Waals surface area (Å²) >= 11 is 0. The highest BCUT2D eigenvalue weighted by molar-refractivity contribution is 5.89. The first-order valence-electron chi connectivity index (χ1n) is 8.42. The summed E-state index contributed by atoms with van der Waals surface area (Å²) in [6.07, 6.45) is 6.63. The van der Waals surface area contributed by atoms with Crippen LogP contribution >= 0.6 is 0 Å². The summed E-state index contributed by atoms with van der Waals surface area (Å²) in [4.78, 5) is 12.3. The molecule has 0 amide bonds. The molecule has 2 aromatic rings. The first-order chi connectivity index (χ1) is 11.8. The molecule has 0 bridgehead atoms. The van der Waals surface area contributed by atoms with Crippen LogP contribution in [0.1, 0.15) is 35.2 Å². The highest BCUT2D eigenvalue weighted by Gasteiger charge is 2.22. The number of carbonyl (C=O) groups excluding carboxylic acids is 1. The minimum atomic E-state index is -0.295. The molecule has 124 valence electrons. The third-order valence-electron chi connectivity index (χ3n) is 4.09. The number of esters is 1. The van der Waals surface area contributed by atoms with E-state index in [1.54, 1.807) is 12.1 Å². The van der Waals surface area contributed by atoms with E-state index in [-0.39, 0.29) is 18.2 Å². The summed E-state index contributed by atoms with van der Waals surface area (Å²) in [6.45, 7) is 0.798. The minimum absolute atomic E-state index is 0.166. The maximum absolute atomic E-state index is 12.3. The number of ether oxygens (including phenoxy) is 2. The SMILES string of the molecule is O=C(O[C@@H](/C=C/c1ccccc1)CC1CCCO1)c1ccccc1. The second kappa shape index (κ2) is 8.46. The molecule has 1 fully saturated rings.